The number of hydrogen-bond acceptors (Lipinski definition) is 4. The summed E-state index contributed by atoms with van der Waals surface area (Å²) in [5.41, 5.74) is 6.83. The molecule has 3 N–H and O–H groups in total. The summed E-state index contributed by atoms with van der Waals surface area (Å²) >= 11 is 0. The van der Waals surface area contributed by atoms with E-state index >= 15 is 0 Å². The lowest BCUT2D eigenvalue weighted by Gasteiger charge is -2.11. The van der Waals surface area contributed by atoms with Gasteiger partial charge in [-0.1, -0.05) is 19.1 Å². The van der Waals surface area contributed by atoms with Crippen LogP contribution in [0.5, 0.6) is 0 Å². The second-order valence-electron chi connectivity index (χ2n) is 4.38. The van der Waals surface area contributed by atoms with Crippen LogP contribution in [-0.4, -0.2) is 25.5 Å². The number of ether oxygens (including phenoxy) is 1. The number of nitrogens with one attached hydrogen (secondary N) is 1. The van der Waals surface area contributed by atoms with Crippen molar-refractivity contribution in [3.05, 3.63) is 35.4 Å². The number of benzene rings is 1. The van der Waals surface area contributed by atoms with E-state index in [2.05, 4.69) is 10.1 Å². The lowest BCUT2D eigenvalue weighted by Crippen LogP contribution is -2.29. The summed E-state index contributed by atoms with van der Waals surface area (Å²) < 4.78 is 4.61. The summed E-state index contributed by atoms with van der Waals surface area (Å²) in [7, 11) is 1.34. The number of carbonyl (C=O) groups is 2. The molecule has 0 heterocycles. The monoisotopic (exact) mass is 264 g/mol. The number of carbonyl (C=O) groups excluding carboxylic acids is 2. The van der Waals surface area contributed by atoms with Gasteiger partial charge in [0, 0.05) is 12.5 Å². The van der Waals surface area contributed by atoms with Gasteiger partial charge in [-0.3, -0.25) is 4.79 Å². The first-order valence-corrected chi connectivity index (χ1v) is 6.23. The van der Waals surface area contributed by atoms with Gasteiger partial charge >= 0.3 is 5.97 Å². The highest BCUT2D eigenvalue weighted by atomic mass is 16.5. The van der Waals surface area contributed by atoms with Crippen LogP contribution in [0.4, 0.5) is 0 Å². The van der Waals surface area contributed by atoms with Gasteiger partial charge in [0.1, 0.15) is 0 Å². The van der Waals surface area contributed by atoms with Gasteiger partial charge in [0.2, 0.25) is 5.91 Å². The normalized spacial score (nSPS) is 11.7. The fraction of sp³-hybridized carbons (Fsp3) is 0.429. The third-order valence-corrected chi connectivity index (χ3v) is 2.89. The number of nitrogens with two attached hydrogens (primary N) is 1. The first kappa shape index (κ1) is 15.2. The molecule has 0 aliphatic heterocycles. The van der Waals surface area contributed by atoms with E-state index in [1.165, 1.54) is 7.11 Å². The van der Waals surface area contributed by atoms with E-state index in [0.717, 1.165) is 5.56 Å². The number of hydrogen-bond donors (Lipinski definition) is 2. The Morgan fingerprint density at radius 2 is 1.95 bits per heavy atom. The molecule has 5 nitrogen and oxygen atoms in total. The van der Waals surface area contributed by atoms with Crippen LogP contribution in [0.15, 0.2) is 24.3 Å². The molecule has 1 aromatic carbocycles. The molecule has 0 bridgehead atoms. The molecule has 1 amide bonds. The topological polar surface area (TPSA) is 81.4 Å². The largest absolute Gasteiger partial charge is 0.465 e. The van der Waals surface area contributed by atoms with Gasteiger partial charge in [0.25, 0.3) is 0 Å². The van der Waals surface area contributed by atoms with Crippen LogP contribution in [0.2, 0.25) is 0 Å². The van der Waals surface area contributed by atoms with Crippen molar-refractivity contribution in [3.63, 3.8) is 0 Å². The predicted molar refractivity (Wildman–Crippen MR) is 72.5 cm³/mol. The van der Waals surface area contributed by atoms with Gasteiger partial charge < -0.3 is 15.8 Å². The number of methoxy groups -OCH3 is 1. The highest BCUT2D eigenvalue weighted by Gasteiger charge is 2.11. The van der Waals surface area contributed by atoms with Gasteiger partial charge in [-0.15, -0.1) is 0 Å². The SMILES string of the molecule is COC(=O)c1ccc(CNC(=O)C(C)CCN)cc1. The molecule has 0 aliphatic rings. The maximum Gasteiger partial charge on any atom is 0.337 e. The Kier molecular flexibility index (Phi) is 6.02. The predicted octanol–water partition coefficient (Wildman–Crippen LogP) is 1.07. The molecule has 0 aromatic heterocycles. The van der Waals surface area contributed by atoms with Crippen molar-refractivity contribution in [2.45, 2.75) is 19.9 Å². The van der Waals surface area contributed by atoms with E-state index < -0.39 is 0 Å². The first-order chi connectivity index (χ1) is 9.08. The Hall–Kier alpha value is -1.88. The van der Waals surface area contributed by atoms with Crippen molar-refractivity contribution in [1.29, 1.82) is 0 Å². The lowest BCUT2D eigenvalue weighted by atomic mass is 10.1. The second-order valence-corrected chi connectivity index (χ2v) is 4.38. The van der Waals surface area contributed by atoms with Crippen LogP contribution in [0.3, 0.4) is 0 Å². The highest BCUT2D eigenvalue weighted by Crippen LogP contribution is 2.06. The zero-order valence-corrected chi connectivity index (χ0v) is 11.3. The zero-order valence-electron chi connectivity index (χ0n) is 11.3. The minimum atomic E-state index is -0.368. The Bertz CT molecular complexity index is 429. The van der Waals surface area contributed by atoms with Gasteiger partial charge in [-0.05, 0) is 30.7 Å². The van der Waals surface area contributed by atoms with Gasteiger partial charge in [0.15, 0.2) is 0 Å². The standard InChI is InChI=1S/C14H20N2O3/c1-10(7-8-15)13(17)16-9-11-3-5-12(6-4-11)14(18)19-2/h3-6,10H,7-9,15H2,1-2H3,(H,16,17). The van der Waals surface area contributed by atoms with E-state index in [0.29, 0.717) is 25.1 Å². The Balaban J connectivity index is 2.50. The van der Waals surface area contributed by atoms with Crippen LogP contribution in [0.1, 0.15) is 29.3 Å². The number of rotatable bonds is 6. The Labute approximate surface area is 113 Å². The van der Waals surface area contributed by atoms with Gasteiger partial charge in [-0.2, -0.15) is 0 Å². The Morgan fingerprint density at radius 3 is 2.47 bits per heavy atom. The second kappa shape index (κ2) is 7.53. The van der Waals surface area contributed by atoms with Crippen molar-refractivity contribution in [1.82, 2.24) is 5.32 Å². The molecule has 1 atom stereocenters. The van der Waals surface area contributed by atoms with Crippen molar-refractivity contribution < 1.29 is 14.3 Å². The minimum absolute atomic E-state index is 0.0116. The average molecular weight is 264 g/mol. The molecule has 0 fully saturated rings. The van der Waals surface area contributed by atoms with Crippen LogP contribution < -0.4 is 11.1 Å². The quantitative estimate of drug-likeness (QED) is 0.753. The van der Waals surface area contributed by atoms with Crippen LogP contribution in [0, 0.1) is 5.92 Å². The van der Waals surface area contributed by atoms with Crippen molar-refractivity contribution in [3.8, 4) is 0 Å². The molecule has 0 saturated carbocycles. The molecule has 0 saturated heterocycles. The molecule has 5 heteroatoms. The zero-order chi connectivity index (χ0) is 14.3. The highest BCUT2D eigenvalue weighted by molar-refractivity contribution is 5.89. The van der Waals surface area contributed by atoms with Crippen LogP contribution in [-0.2, 0) is 16.1 Å². The molecule has 1 unspecified atom stereocenters. The number of amides is 1. The van der Waals surface area contributed by atoms with Gasteiger partial charge in [-0.25, -0.2) is 4.79 Å². The van der Waals surface area contributed by atoms with E-state index in [-0.39, 0.29) is 17.8 Å². The third kappa shape index (κ3) is 4.71. The van der Waals surface area contributed by atoms with E-state index in [1.807, 2.05) is 6.92 Å². The third-order valence-electron chi connectivity index (χ3n) is 2.89. The smallest absolute Gasteiger partial charge is 0.337 e. The summed E-state index contributed by atoms with van der Waals surface area (Å²) in [5, 5.41) is 2.84. The van der Waals surface area contributed by atoms with Crippen LogP contribution >= 0.6 is 0 Å². The van der Waals surface area contributed by atoms with Crippen LogP contribution in [0.25, 0.3) is 0 Å². The summed E-state index contributed by atoms with van der Waals surface area (Å²) in [6.45, 7) is 2.79. The maximum atomic E-state index is 11.7. The van der Waals surface area contributed by atoms with E-state index in [9.17, 15) is 9.59 Å². The summed E-state index contributed by atoms with van der Waals surface area (Å²) in [6, 6.07) is 6.94. The number of esters is 1. The first-order valence-electron chi connectivity index (χ1n) is 6.23. The molecule has 104 valence electrons. The van der Waals surface area contributed by atoms with Crippen molar-refractivity contribution in [2.75, 3.05) is 13.7 Å². The molecule has 0 radical (unpaired) electrons. The molecule has 1 rings (SSSR count). The molecular formula is C14H20N2O3. The van der Waals surface area contributed by atoms with Gasteiger partial charge in [0.05, 0.1) is 12.7 Å². The molecule has 19 heavy (non-hydrogen) atoms. The molecule has 0 aliphatic carbocycles. The molecular weight excluding hydrogens is 244 g/mol. The fourth-order valence-electron chi connectivity index (χ4n) is 1.62. The molecule has 0 spiro atoms. The Morgan fingerprint density at radius 1 is 1.32 bits per heavy atom. The minimum Gasteiger partial charge on any atom is -0.465 e. The maximum absolute atomic E-state index is 11.7. The molecule has 1 aromatic rings. The van der Waals surface area contributed by atoms with Crippen molar-refractivity contribution in [2.24, 2.45) is 11.7 Å². The summed E-state index contributed by atoms with van der Waals surface area (Å²) in [4.78, 5) is 22.9. The van der Waals surface area contributed by atoms with E-state index in [1.54, 1.807) is 24.3 Å². The average Bonchev–Trinajstić information content (AvgIpc) is 2.44. The summed E-state index contributed by atoms with van der Waals surface area (Å²) in [5.74, 6) is -0.464. The van der Waals surface area contributed by atoms with E-state index in [4.69, 9.17) is 5.73 Å². The van der Waals surface area contributed by atoms with Crippen molar-refractivity contribution >= 4 is 11.9 Å². The fourth-order valence-corrected chi connectivity index (χ4v) is 1.62. The summed E-state index contributed by atoms with van der Waals surface area (Å²) in [6.07, 6.45) is 0.674. The lowest BCUT2D eigenvalue weighted by molar-refractivity contribution is -0.124.